The van der Waals surface area contributed by atoms with Crippen LogP contribution in [0.15, 0.2) is 23.1 Å². The number of sulfonamides is 1. The van der Waals surface area contributed by atoms with Crippen molar-refractivity contribution in [3.63, 3.8) is 0 Å². The molecule has 0 aliphatic carbocycles. The van der Waals surface area contributed by atoms with E-state index in [0.717, 1.165) is 23.5 Å². The molecule has 21 heavy (non-hydrogen) atoms. The van der Waals surface area contributed by atoms with E-state index in [0.29, 0.717) is 13.0 Å². The number of methoxy groups -OCH3 is 2. The molecule has 0 atom stereocenters. The van der Waals surface area contributed by atoms with E-state index >= 15 is 0 Å². The molecule has 0 aromatic heterocycles. The Hall–Kier alpha value is -1.51. The molecular formula is C13H18FNO5S. The largest absolute Gasteiger partial charge is 0.465 e. The second kappa shape index (κ2) is 7.48. The lowest BCUT2D eigenvalue weighted by molar-refractivity contribution is 0.0600. The average molecular weight is 319 g/mol. The summed E-state index contributed by atoms with van der Waals surface area (Å²) >= 11 is 0. The molecular weight excluding hydrogens is 301 g/mol. The van der Waals surface area contributed by atoms with Crippen molar-refractivity contribution in [3.8, 4) is 0 Å². The van der Waals surface area contributed by atoms with Crippen molar-refractivity contribution in [1.82, 2.24) is 4.31 Å². The fourth-order valence-electron chi connectivity index (χ4n) is 1.67. The number of carbonyl (C=O) groups excluding carboxylic acids is 1. The van der Waals surface area contributed by atoms with Gasteiger partial charge in [-0.1, -0.05) is 0 Å². The first-order valence-electron chi connectivity index (χ1n) is 6.17. The van der Waals surface area contributed by atoms with Crippen molar-refractivity contribution in [1.29, 1.82) is 0 Å². The van der Waals surface area contributed by atoms with Gasteiger partial charge in [-0.05, 0) is 24.6 Å². The quantitative estimate of drug-likeness (QED) is 0.559. The summed E-state index contributed by atoms with van der Waals surface area (Å²) in [5, 5.41) is 0. The molecule has 0 heterocycles. The van der Waals surface area contributed by atoms with Crippen LogP contribution < -0.4 is 0 Å². The highest BCUT2D eigenvalue weighted by Crippen LogP contribution is 2.20. The van der Waals surface area contributed by atoms with Gasteiger partial charge in [0.2, 0.25) is 10.0 Å². The van der Waals surface area contributed by atoms with Crippen LogP contribution in [-0.2, 0) is 19.5 Å². The lowest BCUT2D eigenvalue weighted by atomic mass is 10.2. The molecule has 0 saturated carbocycles. The van der Waals surface area contributed by atoms with Gasteiger partial charge in [-0.25, -0.2) is 21.9 Å². The van der Waals surface area contributed by atoms with E-state index in [1.165, 1.54) is 20.2 Å². The molecule has 0 bridgehead atoms. The number of nitrogens with zero attached hydrogens (tertiary/aromatic N) is 1. The Morgan fingerprint density at radius 1 is 1.33 bits per heavy atom. The smallest absolute Gasteiger partial charge is 0.337 e. The maximum Gasteiger partial charge on any atom is 0.337 e. The minimum Gasteiger partial charge on any atom is -0.465 e. The van der Waals surface area contributed by atoms with E-state index in [2.05, 4.69) is 4.74 Å². The van der Waals surface area contributed by atoms with Crippen LogP contribution in [0, 0.1) is 5.82 Å². The van der Waals surface area contributed by atoms with Gasteiger partial charge in [0.1, 0.15) is 10.7 Å². The van der Waals surface area contributed by atoms with Crippen molar-refractivity contribution >= 4 is 16.0 Å². The van der Waals surface area contributed by atoms with E-state index in [-0.39, 0.29) is 12.1 Å². The Kier molecular flexibility index (Phi) is 6.25. The van der Waals surface area contributed by atoms with Crippen LogP contribution in [0.5, 0.6) is 0 Å². The average Bonchev–Trinajstić information content (AvgIpc) is 2.46. The summed E-state index contributed by atoms with van der Waals surface area (Å²) in [6.07, 6.45) is 0.477. The third-order valence-corrected chi connectivity index (χ3v) is 4.73. The van der Waals surface area contributed by atoms with Crippen molar-refractivity contribution in [3.05, 3.63) is 29.6 Å². The van der Waals surface area contributed by atoms with Gasteiger partial charge in [-0.2, -0.15) is 0 Å². The monoisotopic (exact) mass is 319 g/mol. The second-order valence-electron chi connectivity index (χ2n) is 4.31. The third-order valence-electron chi connectivity index (χ3n) is 2.86. The first-order valence-corrected chi connectivity index (χ1v) is 7.61. The number of halogens is 1. The summed E-state index contributed by atoms with van der Waals surface area (Å²) in [5.74, 6) is -1.64. The summed E-state index contributed by atoms with van der Waals surface area (Å²) in [5.41, 5.74) is -0.0252. The number of hydrogen-bond acceptors (Lipinski definition) is 5. The number of rotatable bonds is 7. The van der Waals surface area contributed by atoms with E-state index in [1.807, 2.05) is 0 Å². The topological polar surface area (TPSA) is 72.9 Å². The van der Waals surface area contributed by atoms with Crippen molar-refractivity contribution in [2.45, 2.75) is 11.3 Å². The summed E-state index contributed by atoms with van der Waals surface area (Å²) in [6.45, 7) is 0.572. The molecule has 0 spiro atoms. The summed E-state index contributed by atoms with van der Waals surface area (Å²) in [4.78, 5) is 10.9. The summed E-state index contributed by atoms with van der Waals surface area (Å²) in [7, 11) is -0.00548. The van der Waals surface area contributed by atoms with Crippen LogP contribution in [0.25, 0.3) is 0 Å². The van der Waals surface area contributed by atoms with E-state index in [4.69, 9.17) is 4.74 Å². The summed E-state index contributed by atoms with van der Waals surface area (Å²) < 4.78 is 48.8. The molecule has 1 rings (SSSR count). The van der Waals surface area contributed by atoms with Crippen LogP contribution in [-0.4, -0.2) is 53.1 Å². The van der Waals surface area contributed by atoms with Crippen molar-refractivity contribution < 1.29 is 27.1 Å². The lowest BCUT2D eigenvalue weighted by Crippen LogP contribution is -2.29. The molecule has 1 aromatic carbocycles. The fourth-order valence-corrected chi connectivity index (χ4v) is 2.96. The molecule has 6 nitrogen and oxygen atoms in total. The third kappa shape index (κ3) is 4.23. The highest BCUT2D eigenvalue weighted by Gasteiger charge is 2.25. The molecule has 0 aliphatic rings. The molecule has 118 valence electrons. The number of carbonyl (C=O) groups is 1. The van der Waals surface area contributed by atoms with E-state index in [1.54, 1.807) is 0 Å². The Morgan fingerprint density at radius 3 is 2.57 bits per heavy atom. The number of ether oxygens (including phenoxy) is 2. The first-order chi connectivity index (χ1) is 9.84. The number of esters is 1. The fraction of sp³-hybridized carbons (Fsp3) is 0.462. The predicted molar refractivity (Wildman–Crippen MR) is 74.0 cm³/mol. The molecule has 0 fully saturated rings. The zero-order valence-corrected chi connectivity index (χ0v) is 12.9. The van der Waals surface area contributed by atoms with Crippen LogP contribution in [0.1, 0.15) is 16.8 Å². The molecule has 8 heteroatoms. The number of benzene rings is 1. The molecule has 0 unspecified atom stereocenters. The maximum atomic E-state index is 13.8. The van der Waals surface area contributed by atoms with Crippen LogP contribution in [0.2, 0.25) is 0 Å². The van der Waals surface area contributed by atoms with Gasteiger partial charge in [-0.15, -0.1) is 0 Å². The second-order valence-corrected chi connectivity index (χ2v) is 6.32. The first kappa shape index (κ1) is 17.5. The summed E-state index contributed by atoms with van der Waals surface area (Å²) in [6, 6.07) is 3.08. The standard InChI is InChI=1S/C13H18FNO5S/c1-15(7-4-8-19-2)21(17,18)12-9-10(13(16)20-3)5-6-11(12)14/h5-6,9H,4,7-8H2,1-3H3. The minimum atomic E-state index is -4.02. The molecule has 0 amide bonds. The van der Waals surface area contributed by atoms with Gasteiger partial charge < -0.3 is 9.47 Å². The molecule has 0 saturated heterocycles. The Morgan fingerprint density at radius 2 is 2.00 bits per heavy atom. The van der Waals surface area contributed by atoms with Crippen LogP contribution >= 0.6 is 0 Å². The van der Waals surface area contributed by atoms with Gasteiger partial charge in [0.25, 0.3) is 0 Å². The van der Waals surface area contributed by atoms with E-state index in [9.17, 15) is 17.6 Å². The van der Waals surface area contributed by atoms with Gasteiger partial charge in [-0.3, -0.25) is 0 Å². The van der Waals surface area contributed by atoms with Crippen LogP contribution in [0.4, 0.5) is 4.39 Å². The molecule has 0 radical (unpaired) electrons. The zero-order chi connectivity index (χ0) is 16.0. The highest BCUT2D eigenvalue weighted by molar-refractivity contribution is 7.89. The minimum absolute atomic E-state index is 0.0252. The predicted octanol–water partition coefficient (Wildman–Crippen LogP) is 1.27. The zero-order valence-electron chi connectivity index (χ0n) is 12.1. The Labute approximate surface area is 123 Å². The van der Waals surface area contributed by atoms with Crippen molar-refractivity contribution in [2.24, 2.45) is 0 Å². The Bertz CT molecular complexity index is 603. The maximum absolute atomic E-state index is 13.8. The molecule has 0 N–H and O–H groups in total. The van der Waals surface area contributed by atoms with Gasteiger partial charge >= 0.3 is 5.97 Å². The van der Waals surface area contributed by atoms with Gasteiger partial charge in [0.15, 0.2) is 0 Å². The molecule has 1 aromatic rings. The number of hydrogen-bond donors (Lipinski definition) is 0. The van der Waals surface area contributed by atoms with Gasteiger partial charge in [0.05, 0.1) is 12.7 Å². The lowest BCUT2D eigenvalue weighted by Gasteiger charge is -2.17. The van der Waals surface area contributed by atoms with Gasteiger partial charge in [0, 0.05) is 27.3 Å². The SMILES string of the molecule is COCCCN(C)S(=O)(=O)c1cc(C(=O)OC)ccc1F. The molecule has 0 aliphatic heterocycles. The Balaban J connectivity index is 3.09. The highest BCUT2D eigenvalue weighted by atomic mass is 32.2. The van der Waals surface area contributed by atoms with Crippen LogP contribution in [0.3, 0.4) is 0 Å². The van der Waals surface area contributed by atoms with Crippen molar-refractivity contribution in [2.75, 3.05) is 34.4 Å². The van der Waals surface area contributed by atoms with E-state index < -0.39 is 26.7 Å². The normalized spacial score (nSPS) is 11.7.